The maximum atomic E-state index is 14.4. The molecule has 0 bridgehead atoms. The molecule has 1 aromatic heterocycles. The van der Waals surface area contributed by atoms with Crippen LogP contribution < -0.4 is 24.5 Å². The summed E-state index contributed by atoms with van der Waals surface area (Å²) in [6.07, 6.45) is 0. The van der Waals surface area contributed by atoms with E-state index in [2.05, 4.69) is 15.9 Å². The molecule has 1 atom stereocenters. The average Bonchev–Trinajstić information content (AvgIpc) is 3.44. The molecule has 0 saturated heterocycles. The van der Waals surface area contributed by atoms with Gasteiger partial charge in [0.25, 0.3) is 11.5 Å². The van der Waals surface area contributed by atoms with Crippen molar-refractivity contribution in [2.75, 3.05) is 25.7 Å². The molecular formula is C31H24BrN3O5S. The summed E-state index contributed by atoms with van der Waals surface area (Å²) in [5, 5.41) is 0. The molecule has 0 radical (unpaired) electrons. The normalized spacial score (nSPS) is 17.2. The number of halogens is 1. The summed E-state index contributed by atoms with van der Waals surface area (Å²) in [6.45, 7) is 1.87. The van der Waals surface area contributed by atoms with E-state index in [1.807, 2.05) is 66.7 Å². The molecular weight excluding hydrogens is 606 g/mol. The number of nitrogens with zero attached hydrogens (tertiary/aromatic N) is 3. The van der Waals surface area contributed by atoms with Crippen LogP contribution in [-0.2, 0) is 14.3 Å². The molecule has 2 aliphatic heterocycles. The van der Waals surface area contributed by atoms with E-state index in [0.717, 1.165) is 21.5 Å². The standard InChI is InChI=1S/C31H24BrN3O5S/c1-4-40-30(38)24-25(17-10-6-5-7-11-17)33-31-35(26(24)20-16-18(32)14-15-22(20)39-3)29(37)27(41-31)23-19-12-8-9-13-21(19)34(2)28(23)36/h5-16,26H,4H2,1-3H3/b27-23+/t26-/m0/s1. The van der Waals surface area contributed by atoms with Gasteiger partial charge in [0.2, 0.25) is 0 Å². The Bertz CT molecular complexity index is 1940. The van der Waals surface area contributed by atoms with Gasteiger partial charge in [-0.1, -0.05) is 75.8 Å². The van der Waals surface area contributed by atoms with Gasteiger partial charge in [0.1, 0.15) is 16.3 Å². The van der Waals surface area contributed by atoms with Crippen LogP contribution in [0.15, 0.2) is 92.6 Å². The fourth-order valence-electron chi connectivity index (χ4n) is 5.29. The van der Waals surface area contributed by atoms with Gasteiger partial charge in [-0.3, -0.25) is 14.2 Å². The Kier molecular flexibility index (Phi) is 6.96. The Labute approximate surface area is 247 Å². The number of amides is 1. The molecule has 0 unspecified atom stereocenters. The number of esters is 1. The Morgan fingerprint density at radius 1 is 1.05 bits per heavy atom. The Balaban J connectivity index is 1.76. The summed E-state index contributed by atoms with van der Waals surface area (Å²) in [6, 6.07) is 21.2. The van der Waals surface area contributed by atoms with Gasteiger partial charge in [0.05, 0.1) is 36.2 Å². The third-order valence-electron chi connectivity index (χ3n) is 7.12. The predicted molar refractivity (Wildman–Crippen MR) is 161 cm³/mol. The number of thiazole rings is 1. The van der Waals surface area contributed by atoms with Crippen LogP contribution in [0.4, 0.5) is 5.69 Å². The Hall–Kier alpha value is -4.28. The van der Waals surface area contributed by atoms with E-state index in [4.69, 9.17) is 14.5 Å². The summed E-state index contributed by atoms with van der Waals surface area (Å²) < 4.78 is 13.7. The van der Waals surface area contributed by atoms with Crippen LogP contribution in [-0.4, -0.2) is 37.2 Å². The lowest BCUT2D eigenvalue weighted by molar-refractivity contribution is -0.138. The molecule has 2 aliphatic rings. The molecule has 206 valence electrons. The highest BCUT2D eigenvalue weighted by atomic mass is 79.9. The topological polar surface area (TPSA) is 90.2 Å². The lowest BCUT2D eigenvalue weighted by Crippen LogP contribution is -2.41. The first kappa shape index (κ1) is 26.9. The van der Waals surface area contributed by atoms with Crippen LogP contribution in [0.5, 0.6) is 5.75 Å². The van der Waals surface area contributed by atoms with Crippen molar-refractivity contribution in [3.05, 3.63) is 119 Å². The molecule has 41 heavy (non-hydrogen) atoms. The first-order valence-corrected chi connectivity index (χ1v) is 14.5. The van der Waals surface area contributed by atoms with Crippen molar-refractivity contribution in [3.63, 3.8) is 0 Å². The lowest BCUT2D eigenvalue weighted by Gasteiger charge is -2.27. The molecule has 6 rings (SSSR count). The second-order valence-corrected chi connectivity index (χ2v) is 11.3. The molecule has 1 amide bonds. The minimum atomic E-state index is -0.938. The zero-order valence-electron chi connectivity index (χ0n) is 22.4. The fourth-order valence-corrected chi connectivity index (χ4v) is 6.76. The van der Waals surface area contributed by atoms with Crippen LogP contribution in [0.3, 0.4) is 0 Å². The van der Waals surface area contributed by atoms with Gasteiger partial charge in [-0.25, -0.2) is 9.79 Å². The minimum absolute atomic E-state index is 0.138. The van der Waals surface area contributed by atoms with Crippen LogP contribution >= 0.6 is 27.3 Å². The highest BCUT2D eigenvalue weighted by molar-refractivity contribution is 9.10. The number of ether oxygens (including phenoxy) is 2. The Morgan fingerprint density at radius 2 is 1.78 bits per heavy atom. The van der Waals surface area contributed by atoms with Crippen molar-refractivity contribution in [1.29, 1.82) is 0 Å². The number of methoxy groups -OCH3 is 1. The van der Waals surface area contributed by atoms with E-state index < -0.39 is 17.6 Å². The minimum Gasteiger partial charge on any atom is -0.496 e. The van der Waals surface area contributed by atoms with Crippen molar-refractivity contribution >= 4 is 56.1 Å². The molecule has 4 aromatic rings. The summed E-state index contributed by atoms with van der Waals surface area (Å²) in [7, 11) is 3.22. The van der Waals surface area contributed by atoms with Crippen molar-refractivity contribution in [1.82, 2.24) is 4.57 Å². The molecule has 0 aliphatic carbocycles. The summed E-state index contributed by atoms with van der Waals surface area (Å²) in [5.74, 6) is -0.391. The SMILES string of the molecule is CCOC(=O)C1=C(c2ccccc2)N=c2s/c(=C3/C(=O)N(C)c4ccccc43)c(=O)n2[C@H]1c1cc(Br)ccc1OC. The van der Waals surface area contributed by atoms with E-state index in [1.165, 1.54) is 16.6 Å². The number of hydrogen-bond acceptors (Lipinski definition) is 7. The molecule has 10 heteroatoms. The third-order valence-corrected chi connectivity index (χ3v) is 8.66. The van der Waals surface area contributed by atoms with Crippen molar-refractivity contribution in [2.45, 2.75) is 13.0 Å². The number of carbonyl (C=O) groups excluding carboxylic acids is 2. The van der Waals surface area contributed by atoms with Crippen LogP contribution in [0.25, 0.3) is 11.3 Å². The number of anilines is 1. The second-order valence-electron chi connectivity index (χ2n) is 9.39. The highest BCUT2D eigenvalue weighted by Gasteiger charge is 2.38. The average molecular weight is 631 g/mol. The summed E-state index contributed by atoms with van der Waals surface area (Å²) in [4.78, 5) is 48.4. The zero-order chi connectivity index (χ0) is 28.8. The molecule has 0 N–H and O–H groups in total. The van der Waals surface area contributed by atoms with E-state index >= 15 is 0 Å². The quantitative estimate of drug-likeness (QED) is 0.311. The number of aromatic nitrogens is 1. The van der Waals surface area contributed by atoms with E-state index in [1.54, 1.807) is 20.0 Å². The maximum absolute atomic E-state index is 14.4. The van der Waals surface area contributed by atoms with Gasteiger partial charge >= 0.3 is 5.97 Å². The maximum Gasteiger partial charge on any atom is 0.338 e. The van der Waals surface area contributed by atoms with Gasteiger partial charge in [0.15, 0.2) is 4.80 Å². The highest BCUT2D eigenvalue weighted by Crippen LogP contribution is 2.40. The van der Waals surface area contributed by atoms with Gasteiger partial charge in [0, 0.05) is 28.2 Å². The van der Waals surface area contributed by atoms with Crippen LogP contribution in [0, 0.1) is 0 Å². The first-order valence-electron chi connectivity index (χ1n) is 12.9. The van der Waals surface area contributed by atoms with Gasteiger partial charge in [-0.2, -0.15) is 0 Å². The molecule has 0 saturated carbocycles. The van der Waals surface area contributed by atoms with Gasteiger partial charge in [-0.15, -0.1) is 0 Å². The molecule has 0 fully saturated rings. The summed E-state index contributed by atoms with van der Waals surface area (Å²) >= 11 is 4.67. The zero-order valence-corrected chi connectivity index (χ0v) is 24.8. The molecule has 0 spiro atoms. The van der Waals surface area contributed by atoms with E-state index in [0.29, 0.717) is 38.5 Å². The van der Waals surface area contributed by atoms with E-state index in [-0.39, 0.29) is 22.6 Å². The molecule has 8 nitrogen and oxygen atoms in total. The second kappa shape index (κ2) is 10.6. The number of carbonyl (C=O) groups is 2. The lowest BCUT2D eigenvalue weighted by atomic mass is 9.92. The number of rotatable bonds is 5. The monoisotopic (exact) mass is 629 g/mol. The largest absolute Gasteiger partial charge is 0.496 e. The number of likely N-dealkylation sites (N-methyl/N-ethyl adjacent to an activating group) is 1. The van der Waals surface area contributed by atoms with Gasteiger partial charge in [-0.05, 0) is 31.2 Å². The van der Waals surface area contributed by atoms with E-state index in [9.17, 15) is 14.4 Å². The summed E-state index contributed by atoms with van der Waals surface area (Å²) in [5.41, 5.74) is 3.14. The molecule has 3 aromatic carbocycles. The van der Waals surface area contributed by atoms with Gasteiger partial charge < -0.3 is 14.4 Å². The fraction of sp³-hybridized carbons (Fsp3) is 0.161. The Morgan fingerprint density at radius 3 is 2.51 bits per heavy atom. The number of para-hydroxylation sites is 1. The van der Waals surface area contributed by atoms with Crippen molar-refractivity contribution in [2.24, 2.45) is 4.99 Å². The van der Waals surface area contributed by atoms with Crippen molar-refractivity contribution in [3.8, 4) is 5.75 Å². The number of hydrogen-bond donors (Lipinski definition) is 0. The number of benzene rings is 3. The smallest absolute Gasteiger partial charge is 0.338 e. The molecule has 3 heterocycles. The van der Waals surface area contributed by atoms with Crippen LogP contribution in [0.1, 0.15) is 29.7 Å². The first-order chi connectivity index (χ1) is 19.8. The van der Waals surface area contributed by atoms with Crippen LogP contribution in [0.2, 0.25) is 0 Å². The third kappa shape index (κ3) is 4.34. The van der Waals surface area contributed by atoms with Crippen molar-refractivity contribution < 1.29 is 19.1 Å². The number of fused-ring (bicyclic) bond motifs is 2. The predicted octanol–water partition coefficient (Wildman–Crippen LogP) is 4.05.